The van der Waals surface area contributed by atoms with E-state index in [1.165, 1.54) is 0 Å². The van der Waals surface area contributed by atoms with E-state index in [-0.39, 0.29) is 0 Å². The van der Waals surface area contributed by atoms with Gasteiger partial charge in [0, 0.05) is 32.7 Å². The van der Waals surface area contributed by atoms with E-state index in [1.54, 1.807) is 7.11 Å². The third kappa shape index (κ3) is 6.38. The third-order valence-electron chi connectivity index (χ3n) is 2.46. The number of hydrogen-bond acceptors (Lipinski definition) is 5. The van der Waals surface area contributed by atoms with Crippen molar-refractivity contribution in [2.75, 3.05) is 32.2 Å². The van der Waals surface area contributed by atoms with E-state index in [0.717, 1.165) is 37.6 Å². The molecule has 0 atom stereocenters. The number of nitrogens with zero attached hydrogens (tertiary/aromatic N) is 2. The number of hydrogen-bond donors (Lipinski definition) is 1. The highest BCUT2D eigenvalue weighted by Crippen LogP contribution is 2.15. The number of anilines is 1. The largest absolute Gasteiger partial charge is 0.478 e. The van der Waals surface area contributed by atoms with Crippen LogP contribution in [0.4, 0.5) is 5.82 Å². The van der Waals surface area contributed by atoms with E-state index in [1.807, 2.05) is 13.0 Å². The lowest BCUT2D eigenvalue weighted by Gasteiger charge is -2.11. The molecule has 19 heavy (non-hydrogen) atoms. The van der Waals surface area contributed by atoms with Gasteiger partial charge in [0.1, 0.15) is 11.6 Å². The van der Waals surface area contributed by atoms with Crippen molar-refractivity contribution in [3.63, 3.8) is 0 Å². The zero-order valence-corrected chi connectivity index (χ0v) is 12.4. The van der Waals surface area contributed by atoms with Gasteiger partial charge in [-0.05, 0) is 19.3 Å². The second-order valence-electron chi connectivity index (χ2n) is 4.81. The Morgan fingerprint density at radius 1 is 1.32 bits per heavy atom. The minimum absolute atomic E-state index is 0.526. The van der Waals surface area contributed by atoms with Gasteiger partial charge >= 0.3 is 0 Å². The van der Waals surface area contributed by atoms with E-state index >= 15 is 0 Å². The number of methoxy groups -OCH3 is 1. The lowest BCUT2D eigenvalue weighted by molar-refractivity contribution is 0.197. The van der Waals surface area contributed by atoms with Gasteiger partial charge in [0.05, 0.1) is 6.61 Å². The van der Waals surface area contributed by atoms with Gasteiger partial charge in [-0.1, -0.05) is 13.8 Å². The molecule has 5 heteroatoms. The molecule has 1 heterocycles. The summed E-state index contributed by atoms with van der Waals surface area (Å²) in [6, 6.07) is 1.85. The third-order valence-corrected chi connectivity index (χ3v) is 2.46. The SMILES string of the molecule is CCOc1cc(NCCCOC)nc(CC(C)C)n1. The molecule has 0 radical (unpaired) electrons. The summed E-state index contributed by atoms with van der Waals surface area (Å²) in [5.41, 5.74) is 0. The summed E-state index contributed by atoms with van der Waals surface area (Å²) in [7, 11) is 1.71. The zero-order valence-electron chi connectivity index (χ0n) is 12.4. The molecule has 0 aliphatic carbocycles. The van der Waals surface area contributed by atoms with Gasteiger partial charge in [-0.25, -0.2) is 4.98 Å². The van der Waals surface area contributed by atoms with Crippen LogP contribution in [-0.2, 0) is 11.2 Å². The molecule has 1 aromatic rings. The summed E-state index contributed by atoms with van der Waals surface area (Å²) >= 11 is 0. The molecule has 1 rings (SSSR count). The molecule has 0 aliphatic heterocycles. The normalized spacial score (nSPS) is 10.8. The zero-order chi connectivity index (χ0) is 14.1. The summed E-state index contributed by atoms with van der Waals surface area (Å²) in [6.07, 6.45) is 1.80. The summed E-state index contributed by atoms with van der Waals surface area (Å²) in [5, 5.41) is 3.28. The highest BCUT2D eigenvalue weighted by Gasteiger charge is 2.07. The average Bonchev–Trinajstić information content (AvgIpc) is 2.34. The highest BCUT2D eigenvalue weighted by atomic mass is 16.5. The second kappa shape index (κ2) is 8.69. The Morgan fingerprint density at radius 2 is 2.11 bits per heavy atom. The summed E-state index contributed by atoms with van der Waals surface area (Å²) in [4.78, 5) is 8.92. The van der Waals surface area contributed by atoms with Crippen molar-refractivity contribution in [2.24, 2.45) is 5.92 Å². The Balaban J connectivity index is 2.68. The van der Waals surface area contributed by atoms with Crippen LogP contribution < -0.4 is 10.1 Å². The van der Waals surface area contributed by atoms with Crippen LogP contribution in [0.5, 0.6) is 5.88 Å². The fourth-order valence-electron chi connectivity index (χ4n) is 1.67. The minimum Gasteiger partial charge on any atom is -0.478 e. The second-order valence-corrected chi connectivity index (χ2v) is 4.81. The van der Waals surface area contributed by atoms with Crippen LogP contribution in [0.2, 0.25) is 0 Å². The molecule has 0 fully saturated rings. The Morgan fingerprint density at radius 3 is 2.74 bits per heavy atom. The maximum absolute atomic E-state index is 5.48. The molecule has 0 saturated heterocycles. The van der Waals surface area contributed by atoms with E-state index in [4.69, 9.17) is 9.47 Å². The summed E-state index contributed by atoms with van der Waals surface area (Å²) < 4.78 is 10.5. The fourth-order valence-corrected chi connectivity index (χ4v) is 1.67. The van der Waals surface area contributed by atoms with Crippen molar-refractivity contribution < 1.29 is 9.47 Å². The molecule has 5 nitrogen and oxygen atoms in total. The van der Waals surface area contributed by atoms with Gasteiger partial charge in [-0.2, -0.15) is 4.98 Å². The van der Waals surface area contributed by atoms with Crippen molar-refractivity contribution in [2.45, 2.75) is 33.6 Å². The summed E-state index contributed by atoms with van der Waals surface area (Å²) in [6.45, 7) is 8.45. The quantitative estimate of drug-likeness (QED) is 0.697. The van der Waals surface area contributed by atoms with Crippen LogP contribution in [-0.4, -0.2) is 36.8 Å². The first kappa shape index (κ1) is 15.7. The first-order valence-electron chi connectivity index (χ1n) is 6.89. The molecule has 0 spiro atoms. The van der Waals surface area contributed by atoms with E-state index in [2.05, 4.69) is 29.1 Å². The van der Waals surface area contributed by atoms with Gasteiger partial charge < -0.3 is 14.8 Å². The van der Waals surface area contributed by atoms with Crippen molar-refractivity contribution >= 4 is 5.82 Å². The Labute approximate surface area is 115 Å². The lowest BCUT2D eigenvalue weighted by Crippen LogP contribution is -2.10. The van der Waals surface area contributed by atoms with Crippen molar-refractivity contribution in [1.29, 1.82) is 0 Å². The number of aromatic nitrogens is 2. The van der Waals surface area contributed by atoms with Crippen molar-refractivity contribution in [3.8, 4) is 5.88 Å². The molecule has 1 aromatic heterocycles. The van der Waals surface area contributed by atoms with E-state index in [0.29, 0.717) is 18.4 Å². The van der Waals surface area contributed by atoms with Gasteiger partial charge in [0.25, 0.3) is 0 Å². The number of nitrogens with one attached hydrogen (secondary N) is 1. The maximum Gasteiger partial charge on any atom is 0.218 e. The molecule has 0 saturated carbocycles. The van der Waals surface area contributed by atoms with E-state index < -0.39 is 0 Å². The molecule has 0 aliphatic rings. The van der Waals surface area contributed by atoms with Crippen LogP contribution >= 0.6 is 0 Å². The lowest BCUT2D eigenvalue weighted by atomic mass is 10.1. The van der Waals surface area contributed by atoms with Gasteiger partial charge in [-0.15, -0.1) is 0 Å². The molecule has 1 N–H and O–H groups in total. The maximum atomic E-state index is 5.48. The van der Waals surface area contributed by atoms with Crippen molar-refractivity contribution in [1.82, 2.24) is 9.97 Å². The Hall–Kier alpha value is -1.36. The summed E-state index contributed by atoms with van der Waals surface area (Å²) in [5.74, 6) is 2.82. The standard InChI is InChI=1S/C14H25N3O2/c1-5-19-14-10-12(15-7-6-8-18-4)16-13(17-14)9-11(2)3/h10-11H,5-9H2,1-4H3,(H,15,16,17). The molecular weight excluding hydrogens is 242 g/mol. The van der Waals surface area contributed by atoms with Crippen LogP contribution in [0.25, 0.3) is 0 Å². The van der Waals surface area contributed by atoms with Gasteiger partial charge in [0.15, 0.2) is 0 Å². The fraction of sp³-hybridized carbons (Fsp3) is 0.714. The molecule has 0 amide bonds. The molecule has 0 aromatic carbocycles. The predicted molar refractivity (Wildman–Crippen MR) is 76.7 cm³/mol. The predicted octanol–water partition coefficient (Wildman–Crippen LogP) is 2.52. The van der Waals surface area contributed by atoms with Crippen LogP contribution in [0.1, 0.15) is 33.0 Å². The minimum atomic E-state index is 0.526. The number of ether oxygens (including phenoxy) is 2. The van der Waals surface area contributed by atoms with Crippen LogP contribution in [0, 0.1) is 5.92 Å². The molecule has 0 bridgehead atoms. The topological polar surface area (TPSA) is 56.3 Å². The highest BCUT2D eigenvalue weighted by molar-refractivity contribution is 5.38. The monoisotopic (exact) mass is 267 g/mol. The Kier molecular flexibility index (Phi) is 7.18. The van der Waals surface area contributed by atoms with Crippen LogP contribution in [0.3, 0.4) is 0 Å². The van der Waals surface area contributed by atoms with Crippen molar-refractivity contribution in [3.05, 3.63) is 11.9 Å². The smallest absolute Gasteiger partial charge is 0.218 e. The molecule has 0 unspecified atom stereocenters. The number of rotatable bonds is 9. The van der Waals surface area contributed by atoms with Gasteiger partial charge in [-0.3, -0.25) is 0 Å². The molecular formula is C14H25N3O2. The first-order valence-corrected chi connectivity index (χ1v) is 6.89. The van der Waals surface area contributed by atoms with E-state index in [9.17, 15) is 0 Å². The van der Waals surface area contributed by atoms with Gasteiger partial charge in [0.2, 0.25) is 5.88 Å². The first-order chi connectivity index (χ1) is 9.15. The Bertz CT molecular complexity index is 370. The average molecular weight is 267 g/mol. The van der Waals surface area contributed by atoms with Crippen LogP contribution in [0.15, 0.2) is 6.07 Å². The molecule has 108 valence electrons.